The Bertz CT molecular complexity index is 608. The van der Waals surface area contributed by atoms with Gasteiger partial charge in [-0.05, 0) is 36.5 Å². The first-order valence-corrected chi connectivity index (χ1v) is 7.64. The summed E-state index contributed by atoms with van der Waals surface area (Å²) in [5.41, 5.74) is 0.974. The van der Waals surface area contributed by atoms with Crippen molar-refractivity contribution in [3.8, 4) is 0 Å². The van der Waals surface area contributed by atoms with Gasteiger partial charge >= 0.3 is 0 Å². The van der Waals surface area contributed by atoms with E-state index < -0.39 is 0 Å². The number of anilines is 2. The first-order valence-electron chi connectivity index (χ1n) is 7.64. The molecule has 5 nitrogen and oxygen atoms in total. The Morgan fingerprint density at radius 1 is 1.23 bits per heavy atom. The minimum atomic E-state index is -0.233. The average molecular weight is 301 g/mol. The van der Waals surface area contributed by atoms with Gasteiger partial charge in [0.15, 0.2) is 5.82 Å². The predicted molar refractivity (Wildman–Crippen MR) is 84.2 cm³/mol. The maximum atomic E-state index is 12.9. The third-order valence-corrected chi connectivity index (χ3v) is 4.02. The van der Waals surface area contributed by atoms with Crippen molar-refractivity contribution < 1.29 is 4.39 Å². The van der Waals surface area contributed by atoms with Crippen molar-refractivity contribution in [1.29, 1.82) is 0 Å². The van der Waals surface area contributed by atoms with Gasteiger partial charge in [-0.3, -0.25) is 0 Å². The molecule has 0 radical (unpaired) electrons. The monoisotopic (exact) mass is 301 g/mol. The number of aromatic nitrogens is 3. The Labute approximate surface area is 129 Å². The Kier molecular flexibility index (Phi) is 4.46. The molecule has 0 bridgehead atoms. The fraction of sp³-hybridized carbons (Fsp3) is 0.438. The van der Waals surface area contributed by atoms with Gasteiger partial charge in [0, 0.05) is 19.6 Å². The van der Waals surface area contributed by atoms with Crippen molar-refractivity contribution in [2.24, 2.45) is 5.92 Å². The number of nitrogens with one attached hydrogen (secondary N) is 1. The average Bonchev–Trinajstić information content (AvgIpc) is 2.55. The van der Waals surface area contributed by atoms with Crippen LogP contribution in [0.25, 0.3) is 0 Å². The fourth-order valence-electron chi connectivity index (χ4n) is 2.54. The van der Waals surface area contributed by atoms with E-state index in [-0.39, 0.29) is 5.82 Å². The van der Waals surface area contributed by atoms with E-state index in [1.165, 1.54) is 25.0 Å². The molecular formula is C16H20FN5. The second-order valence-corrected chi connectivity index (χ2v) is 5.79. The minimum absolute atomic E-state index is 0.233. The smallest absolute Gasteiger partial charge is 0.244 e. The number of piperidine rings is 1. The number of halogens is 1. The molecule has 0 atom stereocenters. The van der Waals surface area contributed by atoms with Crippen LogP contribution in [0.3, 0.4) is 0 Å². The van der Waals surface area contributed by atoms with Gasteiger partial charge in [-0.2, -0.15) is 10.1 Å². The molecule has 0 unspecified atom stereocenters. The lowest BCUT2D eigenvalue weighted by Crippen LogP contribution is -2.33. The van der Waals surface area contributed by atoms with Crippen molar-refractivity contribution in [3.63, 3.8) is 0 Å². The van der Waals surface area contributed by atoms with Gasteiger partial charge in [0.25, 0.3) is 0 Å². The third-order valence-electron chi connectivity index (χ3n) is 4.02. The standard InChI is InChI=1S/C16H20FN5/c1-12-6-8-22(9-7-12)15-11-19-21-16(20-15)18-10-13-2-4-14(17)5-3-13/h2-5,11-12H,6-10H2,1H3,(H,18,20,21). The Hall–Kier alpha value is -2.24. The van der Waals surface area contributed by atoms with Crippen molar-refractivity contribution in [3.05, 3.63) is 41.8 Å². The highest BCUT2D eigenvalue weighted by molar-refractivity contribution is 5.40. The van der Waals surface area contributed by atoms with Crippen molar-refractivity contribution >= 4 is 11.8 Å². The number of rotatable bonds is 4. The second kappa shape index (κ2) is 6.68. The van der Waals surface area contributed by atoms with Gasteiger partial charge in [-0.25, -0.2) is 4.39 Å². The van der Waals surface area contributed by atoms with E-state index in [1.807, 2.05) is 0 Å². The summed E-state index contributed by atoms with van der Waals surface area (Å²) in [6, 6.07) is 6.38. The zero-order chi connectivity index (χ0) is 15.4. The van der Waals surface area contributed by atoms with Crippen molar-refractivity contribution in [1.82, 2.24) is 15.2 Å². The Morgan fingerprint density at radius 2 is 1.95 bits per heavy atom. The maximum Gasteiger partial charge on any atom is 0.244 e. The minimum Gasteiger partial charge on any atom is -0.355 e. The molecule has 3 rings (SSSR count). The summed E-state index contributed by atoms with van der Waals surface area (Å²) in [4.78, 5) is 6.77. The van der Waals surface area contributed by atoms with Crippen molar-refractivity contribution in [2.45, 2.75) is 26.3 Å². The zero-order valence-electron chi connectivity index (χ0n) is 12.7. The molecule has 0 spiro atoms. The lowest BCUT2D eigenvalue weighted by molar-refractivity contribution is 0.436. The molecule has 2 heterocycles. The van der Waals surface area contributed by atoms with E-state index in [1.54, 1.807) is 18.3 Å². The van der Waals surface area contributed by atoms with Crippen LogP contribution < -0.4 is 10.2 Å². The molecule has 1 aromatic heterocycles. The molecule has 1 saturated heterocycles. The molecule has 6 heteroatoms. The van der Waals surface area contributed by atoms with E-state index in [0.717, 1.165) is 30.4 Å². The quantitative estimate of drug-likeness (QED) is 0.941. The van der Waals surface area contributed by atoms with Crippen LogP contribution in [-0.4, -0.2) is 28.3 Å². The van der Waals surface area contributed by atoms with Crippen LogP contribution in [0.4, 0.5) is 16.2 Å². The van der Waals surface area contributed by atoms with Gasteiger partial charge in [0.2, 0.25) is 5.95 Å². The highest BCUT2D eigenvalue weighted by Gasteiger charge is 2.17. The topological polar surface area (TPSA) is 53.9 Å². The molecule has 22 heavy (non-hydrogen) atoms. The highest BCUT2D eigenvalue weighted by atomic mass is 19.1. The number of hydrogen-bond donors (Lipinski definition) is 1. The van der Waals surface area contributed by atoms with E-state index in [0.29, 0.717) is 12.5 Å². The molecule has 0 aliphatic carbocycles. The molecule has 2 aromatic rings. The molecule has 0 amide bonds. The summed E-state index contributed by atoms with van der Waals surface area (Å²) >= 11 is 0. The van der Waals surface area contributed by atoms with Crippen LogP contribution in [0, 0.1) is 11.7 Å². The van der Waals surface area contributed by atoms with Crippen LogP contribution in [0.2, 0.25) is 0 Å². The zero-order valence-corrected chi connectivity index (χ0v) is 12.7. The van der Waals surface area contributed by atoms with Crippen molar-refractivity contribution in [2.75, 3.05) is 23.3 Å². The van der Waals surface area contributed by atoms with Crippen LogP contribution in [-0.2, 0) is 6.54 Å². The predicted octanol–water partition coefficient (Wildman–Crippen LogP) is 2.86. The van der Waals surface area contributed by atoms with E-state index in [2.05, 4.69) is 32.3 Å². The Morgan fingerprint density at radius 3 is 2.68 bits per heavy atom. The molecule has 1 aliphatic heterocycles. The molecule has 1 N–H and O–H groups in total. The largest absolute Gasteiger partial charge is 0.355 e. The summed E-state index contributed by atoms with van der Waals surface area (Å²) in [6.07, 6.45) is 4.07. The lowest BCUT2D eigenvalue weighted by Gasteiger charge is -2.30. The van der Waals surface area contributed by atoms with E-state index >= 15 is 0 Å². The van der Waals surface area contributed by atoms with Gasteiger partial charge in [0.05, 0.1) is 6.20 Å². The SMILES string of the molecule is CC1CCN(c2cnnc(NCc3ccc(F)cc3)n2)CC1. The molecule has 0 saturated carbocycles. The van der Waals surface area contributed by atoms with Crippen LogP contribution in [0.5, 0.6) is 0 Å². The second-order valence-electron chi connectivity index (χ2n) is 5.79. The fourth-order valence-corrected chi connectivity index (χ4v) is 2.54. The summed E-state index contributed by atoms with van der Waals surface area (Å²) < 4.78 is 12.9. The van der Waals surface area contributed by atoms with Crippen LogP contribution in [0.1, 0.15) is 25.3 Å². The van der Waals surface area contributed by atoms with Gasteiger partial charge in [0.1, 0.15) is 5.82 Å². The van der Waals surface area contributed by atoms with Gasteiger partial charge < -0.3 is 10.2 Å². The number of benzene rings is 1. The number of nitrogens with zero attached hydrogens (tertiary/aromatic N) is 4. The van der Waals surface area contributed by atoms with Gasteiger partial charge in [-0.15, -0.1) is 5.10 Å². The molecule has 1 aliphatic rings. The summed E-state index contributed by atoms with van der Waals surface area (Å²) in [7, 11) is 0. The molecule has 1 aromatic carbocycles. The summed E-state index contributed by atoms with van der Waals surface area (Å²) in [5.74, 6) is 1.91. The summed E-state index contributed by atoms with van der Waals surface area (Å²) in [5, 5.41) is 11.2. The van der Waals surface area contributed by atoms with Gasteiger partial charge in [-0.1, -0.05) is 19.1 Å². The van der Waals surface area contributed by atoms with Crippen LogP contribution in [0.15, 0.2) is 30.5 Å². The first-order chi connectivity index (χ1) is 10.7. The first kappa shape index (κ1) is 14.7. The van der Waals surface area contributed by atoms with Crippen LogP contribution >= 0.6 is 0 Å². The molecule has 116 valence electrons. The Balaban J connectivity index is 1.62. The highest BCUT2D eigenvalue weighted by Crippen LogP contribution is 2.21. The molecule has 1 fully saturated rings. The molecular weight excluding hydrogens is 281 g/mol. The van der Waals surface area contributed by atoms with E-state index in [4.69, 9.17) is 0 Å². The lowest BCUT2D eigenvalue weighted by atomic mass is 9.99. The van der Waals surface area contributed by atoms with E-state index in [9.17, 15) is 4.39 Å². The third kappa shape index (κ3) is 3.69. The normalized spacial score (nSPS) is 15.8. The number of hydrogen-bond acceptors (Lipinski definition) is 5. The maximum absolute atomic E-state index is 12.9. The summed E-state index contributed by atoms with van der Waals surface area (Å²) in [6.45, 7) is 4.85.